The Morgan fingerprint density at radius 3 is 3.17 bits per heavy atom. The normalized spacial score (nSPS) is 14.7. The van der Waals surface area contributed by atoms with Gasteiger partial charge in [0.25, 0.3) is 0 Å². The van der Waals surface area contributed by atoms with E-state index in [0.29, 0.717) is 18.0 Å². The highest BCUT2D eigenvalue weighted by molar-refractivity contribution is 5.52. The molecule has 23 heavy (non-hydrogen) atoms. The quantitative estimate of drug-likeness (QED) is 0.744. The Morgan fingerprint density at radius 2 is 2.26 bits per heavy atom. The number of fused-ring (bicyclic) bond motifs is 1. The first kappa shape index (κ1) is 14.0. The van der Waals surface area contributed by atoms with Crippen molar-refractivity contribution in [3.63, 3.8) is 0 Å². The first-order valence-corrected chi connectivity index (χ1v) is 7.48. The van der Waals surface area contributed by atoms with Gasteiger partial charge in [-0.3, -0.25) is 4.90 Å². The highest BCUT2D eigenvalue weighted by Crippen LogP contribution is 2.22. The molecular weight excluding hydrogens is 295 g/mol. The number of benzene rings is 1. The van der Waals surface area contributed by atoms with E-state index in [1.807, 2.05) is 6.20 Å². The van der Waals surface area contributed by atoms with Gasteiger partial charge in [-0.1, -0.05) is 6.07 Å². The predicted octanol–water partition coefficient (Wildman–Crippen LogP) is 2.83. The first-order valence-electron chi connectivity index (χ1n) is 7.48. The van der Waals surface area contributed by atoms with Crippen LogP contribution in [0.2, 0.25) is 0 Å². The van der Waals surface area contributed by atoms with E-state index in [0.717, 1.165) is 30.9 Å². The zero-order chi connectivity index (χ0) is 15.6. The van der Waals surface area contributed by atoms with Crippen LogP contribution < -0.4 is 0 Å². The van der Waals surface area contributed by atoms with E-state index in [1.165, 1.54) is 17.7 Å². The van der Waals surface area contributed by atoms with E-state index in [2.05, 4.69) is 19.9 Å². The van der Waals surface area contributed by atoms with E-state index in [-0.39, 0.29) is 5.82 Å². The van der Waals surface area contributed by atoms with Gasteiger partial charge in [-0.15, -0.1) is 0 Å². The number of hydrogen-bond donors (Lipinski definition) is 0. The van der Waals surface area contributed by atoms with Crippen LogP contribution in [0.3, 0.4) is 0 Å². The third-order valence-corrected chi connectivity index (χ3v) is 3.96. The van der Waals surface area contributed by atoms with Gasteiger partial charge < -0.3 is 4.42 Å². The molecule has 0 spiro atoms. The summed E-state index contributed by atoms with van der Waals surface area (Å²) in [7, 11) is 0. The van der Waals surface area contributed by atoms with Crippen molar-refractivity contribution in [1.29, 1.82) is 0 Å². The lowest BCUT2D eigenvalue weighted by Gasteiger charge is -2.26. The van der Waals surface area contributed by atoms with Gasteiger partial charge in [-0.05, 0) is 30.2 Å². The number of halogens is 1. The van der Waals surface area contributed by atoms with Crippen molar-refractivity contribution >= 4 is 0 Å². The minimum Gasteiger partial charge on any atom is -0.444 e. The van der Waals surface area contributed by atoms with Gasteiger partial charge in [0.1, 0.15) is 18.4 Å². The summed E-state index contributed by atoms with van der Waals surface area (Å²) in [4.78, 5) is 15.1. The van der Waals surface area contributed by atoms with Gasteiger partial charge in [-0.2, -0.15) is 0 Å². The minimum absolute atomic E-state index is 0.297. The molecule has 0 amide bonds. The molecule has 0 bridgehead atoms. The molecule has 4 rings (SSSR count). The molecule has 0 fully saturated rings. The topological polar surface area (TPSA) is 55.1 Å². The summed E-state index contributed by atoms with van der Waals surface area (Å²) in [6.45, 7) is 2.39. The molecule has 0 radical (unpaired) electrons. The molecule has 2 aromatic heterocycles. The zero-order valence-corrected chi connectivity index (χ0v) is 12.4. The summed E-state index contributed by atoms with van der Waals surface area (Å²) < 4.78 is 18.8. The molecule has 3 aromatic rings. The van der Waals surface area contributed by atoms with Crippen LogP contribution in [0.25, 0.3) is 11.5 Å². The van der Waals surface area contributed by atoms with E-state index >= 15 is 0 Å². The summed E-state index contributed by atoms with van der Waals surface area (Å²) >= 11 is 0. The van der Waals surface area contributed by atoms with Crippen LogP contribution in [0, 0.1) is 5.82 Å². The number of oxazole rings is 1. The first-order chi connectivity index (χ1) is 11.3. The Bertz CT molecular complexity index is 833. The van der Waals surface area contributed by atoms with Crippen molar-refractivity contribution in [1.82, 2.24) is 19.9 Å². The van der Waals surface area contributed by atoms with Crippen LogP contribution in [0.5, 0.6) is 0 Å². The molecular formula is C17H15FN4O. The Balaban J connectivity index is 1.48. The van der Waals surface area contributed by atoms with Crippen molar-refractivity contribution in [3.8, 4) is 11.5 Å². The molecule has 0 aliphatic carbocycles. The fourth-order valence-electron chi connectivity index (χ4n) is 2.80. The zero-order valence-electron chi connectivity index (χ0n) is 12.4. The third-order valence-electron chi connectivity index (χ3n) is 3.96. The summed E-state index contributed by atoms with van der Waals surface area (Å²) in [5.74, 6) is 0.147. The van der Waals surface area contributed by atoms with E-state index in [1.54, 1.807) is 24.7 Å². The van der Waals surface area contributed by atoms with Gasteiger partial charge in [0.15, 0.2) is 0 Å². The fourth-order valence-corrected chi connectivity index (χ4v) is 2.80. The average molecular weight is 310 g/mol. The van der Waals surface area contributed by atoms with Crippen LogP contribution in [0.1, 0.15) is 17.0 Å². The molecule has 1 aliphatic rings. The molecule has 6 heteroatoms. The van der Waals surface area contributed by atoms with Crippen LogP contribution >= 0.6 is 0 Å². The SMILES string of the molecule is Fc1cccc(-c2nc(CN3CCc4cncnc4C3)co2)c1. The maximum atomic E-state index is 13.3. The van der Waals surface area contributed by atoms with Gasteiger partial charge in [-0.25, -0.2) is 19.3 Å². The Morgan fingerprint density at radius 1 is 1.30 bits per heavy atom. The second-order valence-corrected chi connectivity index (χ2v) is 5.61. The van der Waals surface area contributed by atoms with Crippen LogP contribution in [0.4, 0.5) is 4.39 Å². The third kappa shape index (κ3) is 2.98. The standard InChI is InChI=1S/C17H15FN4O/c18-14-3-1-2-12(6-14)17-21-15(10-23-17)8-22-5-4-13-7-19-11-20-16(13)9-22/h1-3,6-7,10-11H,4-5,8-9H2. The number of nitrogens with zero attached hydrogens (tertiary/aromatic N) is 4. The van der Waals surface area contributed by atoms with Gasteiger partial charge in [0, 0.05) is 31.4 Å². The maximum absolute atomic E-state index is 13.3. The molecule has 0 atom stereocenters. The van der Waals surface area contributed by atoms with Crippen molar-refractivity contribution in [2.45, 2.75) is 19.5 Å². The summed E-state index contributed by atoms with van der Waals surface area (Å²) in [5.41, 5.74) is 3.76. The second kappa shape index (κ2) is 5.89. The Labute approximate surface area is 132 Å². The number of rotatable bonds is 3. The second-order valence-electron chi connectivity index (χ2n) is 5.61. The highest BCUT2D eigenvalue weighted by Gasteiger charge is 2.19. The summed E-state index contributed by atoms with van der Waals surface area (Å²) in [5, 5.41) is 0. The Kier molecular flexibility index (Phi) is 3.59. The van der Waals surface area contributed by atoms with Gasteiger partial charge in [0.2, 0.25) is 5.89 Å². The van der Waals surface area contributed by atoms with Crippen molar-refractivity contribution in [2.75, 3.05) is 6.54 Å². The molecule has 3 heterocycles. The van der Waals surface area contributed by atoms with Crippen LogP contribution in [0.15, 0.2) is 47.5 Å². The van der Waals surface area contributed by atoms with Crippen molar-refractivity contribution in [2.24, 2.45) is 0 Å². The lowest BCUT2D eigenvalue weighted by Crippen LogP contribution is -2.30. The molecule has 1 aromatic carbocycles. The summed E-state index contributed by atoms with van der Waals surface area (Å²) in [6, 6.07) is 6.26. The van der Waals surface area contributed by atoms with Crippen molar-refractivity contribution in [3.05, 3.63) is 65.8 Å². The van der Waals surface area contributed by atoms with Gasteiger partial charge >= 0.3 is 0 Å². The van der Waals surface area contributed by atoms with E-state index < -0.39 is 0 Å². The highest BCUT2D eigenvalue weighted by atomic mass is 19.1. The fraction of sp³-hybridized carbons (Fsp3) is 0.235. The molecule has 0 saturated carbocycles. The minimum atomic E-state index is -0.297. The Hall–Kier alpha value is -2.60. The molecule has 0 N–H and O–H groups in total. The van der Waals surface area contributed by atoms with Crippen LogP contribution in [-0.2, 0) is 19.5 Å². The number of aromatic nitrogens is 3. The lowest BCUT2D eigenvalue weighted by atomic mass is 10.1. The summed E-state index contributed by atoms with van der Waals surface area (Å²) in [6.07, 6.45) is 6.04. The lowest BCUT2D eigenvalue weighted by molar-refractivity contribution is 0.238. The van der Waals surface area contributed by atoms with Crippen LogP contribution in [-0.4, -0.2) is 26.4 Å². The average Bonchev–Trinajstić information content (AvgIpc) is 3.03. The molecule has 1 aliphatic heterocycles. The molecule has 0 saturated heterocycles. The predicted molar refractivity (Wildman–Crippen MR) is 81.7 cm³/mol. The van der Waals surface area contributed by atoms with E-state index in [9.17, 15) is 4.39 Å². The smallest absolute Gasteiger partial charge is 0.226 e. The number of hydrogen-bond acceptors (Lipinski definition) is 5. The van der Waals surface area contributed by atoms with Gasteiger partial charge in [0.05, 0.1) is 11.4 Å². The molecule has 116 valence electrons. The van der Waals surface area contributed by atoms with E-state index in [4.69, 9.17) is 4.42 Å². The maximum Gasteiger partial charge on any atom is 0.226 e. The largest absolute Gasteiger partial charge is 0.444 e. The monoisotopic (exact) mass is 310 g/mol. The molecule has 0 unspecified atom stereocenters. The molecule has 5 nitrogen and oxygen atoms in total. The van der Waals surface area contributed by atoms with Crippen molar-refractivity contribution < 1.29 is 8.81 Å².